The predicted octanol–water partition coefficient (Wildman–Crippen LogP) is 4.98. The van der Waals surface area contributed by atoms with Crippen LogP contribution in [0.2, 0.25) is 0 Å². The summed E-state index contributed by atoms with van der Waals surface area (Å²) in [5.41, 5.74) is -0.451. The first kappa shape index (κ1) is 16.0. The van der Waals surface area contributed by atoms with Gasteiger partial charge in [0.15, 0.2) is 11.5 Å². The van der Waals surface area contributed by atoms with Gasteiger partial charge < -0.3 is 9.84 Å². The number of alkyl halides is 6. The average Bonchev–Trinajstić information content (AvgIpc) is 2.39. The van der Waals surface area contributed by atoms with E-state index in [0.29, 0.717) is 0 Å². The van der Waals surface area contributed by atoms with Gasteiger partial charge >= 0.3 is 12.5 Å². The van der Waals surface area contributed by atoms with Crippen molar-refractivity contribution < 1.29 is 36.2 Å². The lowest BCUT2D eigenvalue weighted by atomic mass is 10.0. The number of phenolic OH excluding ortho intramolecular Hbond substituents is 1. The Morgan fingerprint density at radius 1 is 0.773 bits per heavy atom. The van der Waals surface area contributed by atoms with Crippen molar-refractivity contribution in [3.63, 3.8) is 0 Å². The first-order chi connectivity index (χ1) is 10.1. The molecule has 118 valence electrons. The molecule has 0 aliphatic carbocycles. The summed E-state index contributed by atoms with van der Waals surface area (Å²) in [5.74, 6) is -1.56. The maximum Gasteiger partial charge on any atom is 0.573 e. The van der Waals surface area contributed by atoms with E-state index in [4.69, 9.17) is 0 Å². The Kier molecular flexibility index (Phi) is 3.95. The van der Waals surface area contributed by atoms with Gasteiger partial charge in [-0.05, 0) is 35.4 Å². The van der Waals surface area contributed by atoms with Crippen molar-refractivity contribution in [2.24, 2.45) is 0 Å². The number of benzene rings is 2. The quantitative estimate of drug-likeness (QED) is 0.791. The molecule has 0 spiro atoms. The molecule has 0 aromatic heterocycles. The highest BCUT2D eigenvalue weighted by Gasteiger charge is 2.32. The summed E-state index contributed by atoms with van der Waals surface area (Å²) in [6, 6.07) is 6.98. The molecule has 0 radical (unpaired) electrons. The van der Waals surface area contributed by atoms with Crippen LogP contribution in [0.15, 0.2) is 42.5 Å². The largest absolute Gasteiger partial charge is 0.573 e. The molecule has 22 heavy (non-hydrogen) atoms. The minimum Gasteiger partial charge on any atom is -0.504 e. The van der Waals surface area contributed by atoms with Crippen LogP contribution < -0.4 is 4.74 Å². The Morgan fingerprint density at radius 2 is 1.32 bits per heavy atom. The maximum absolute atomic E-state index is 12.4. The third-order valence-corrected chi connectivity index (χ3v) is 2.73. The number of hydrogen-bond acceptors (Lipinski definition) is 2. The molecule has 8 heteroatoms. The highest BCUT2D eigenvalue weighted by molar-refractivity contribution is 5.67. The van der Waals surface area contributed by atoms with Gasteiger partial charge in [0, 0.05) is 0 Å². The van der Waals surface area contributed by atoms with E-state index in [1.54, 1.807) is 0 Å². The van der Waals surface area contributed by atoms with E-state index < -0.39 is 29.6 Å². The van der Waals surface area contributed by atoms with Gasteiger partial charge in [0.2, 0.25) is 0 Å². The fourth-order valence-electron chi connectivity index (χ4n) is 1.75. The van der Waals surface area contributed by atoms with Crippen LogP contribution in [0, 0.1) is 0 Å². The van der Waals surface area contributed by atoms with Crippen molar-refractivity contribution in [1.82, 2.24) is 0 Å². The zero-order valence-electron chi connectivity index (χ0n) is 10.7. The Hall–Kier alpha value is -2.38. The van der Waals surface area contributed by atoms with Crippen LogP contribution in [0.1, 0.15) is 5.56 Å². The molecule has 0 amide bonds. The van der Waals surface area contributed by atoms with E-state index in [1.165, 1.54) is 6.07 Å². The lowest BCUT2D eigenvalue weighted by Crippen LogP contribution is -2.17. The maximum atomic E-state index is 12.4. The van der Waals surface area contributed by atoms with Crippen LogP contribution in [-0.4, -0.2) is 11.5 Å². The monoisotopic (exact) mass is 322 g/mol. The molecule has 0 saturated heterocycles. The number of phenols is 1. The van der Waals surface area contributed by atoms with Gasteiger partial charge in [-0.1, -0.05) is 18.2 Å². The van der Waals surface area contributed by atoms with Crippen LogP contribution in [0.3, 0.4) is 0 Å². The fourth-order valence-corrected chi connectivity index (χ4v) is 1.75. The van der Waals surface area contributed by atoms with Crippen molar-refractivity contribution in [2.75, 3.05) is 0 Å². The molecule has 1 N–H and O–H groups in total. The van der Waals surface area contributed by atoms with Gasteiger partial charge in [-0.2, -0.15) is 13.2 Å². The molecule has 2 aromatic rings. The first-order valence-electron chi connectivity index (χ1n) is 5.83. The molecular formula is C14H8F6O2. The van der Waals surface area contributed by atoms with Gasteiger partial charge in [-0.25, -0.2) is 0 Å². The van der Waals surface area contributed by atoms with E-state index in [-0.39, 0.29) is 11.1 Å². The molecule has 2 aromatic carbocycles. The smallest absolute Gasteiger partial charge is 0.504 e. The summed E-state index contributed by atoms with van der Waals surface area (Å²) in [7, 11) is 0. The highest BCUT2D eigenvalue weighted by Crippen LogP contribution is 2.36. The van der Waals surface area contributed by atoms with Gasteiger partial charge in [0.1, 0.15) is 0 Å². The van der Waals surface area contributed by atoms with Gasteiger partial charge in [0.25, 0.3) is 0 Å². The molecule has 0 heterocycles. The number of halogens is 6. The topological polar surface area (TPSA) is 29.5 Å². The Labute approximate surface area is 120 Å². The summed E-state index contributed by atoms with van der Waals surface area (Å²) in [6.07, 6.45) is -9.49. The molecule has 2 nitrogen and oxygen atoms in total. The summed E-state index contributed by atoms with van der Waals surface area (Å²) >= 11 is 0. The van der Waals surface area contributed by atoms with Crippen LogP contribution in [0.25, 0.3) is 11.1 Å². The van der Waals surface area contributed by atoms with E-state index >= 15 is 0 Å². The molecule has 0 aliphatic rings. The zero-order chi connectivity index (χ0) is 16.5. The average molecular weight is 322 g/mol. The standard InChI is InChI=1S/C14H8F6O2/c15-13(16,17)10-4-1-8(2-5-10)9-3-6-11(21)12(7-9)22-14(18,19)20/h1-7,21H. The van der Waals surface area contributed by atoms with Gasteiger partial charge in [0.05, 0.1) is 5.56 Å². The molecule has 0 atom stereocenters. The summed E-state index contributed by atoms with van der Waals surface area (Å²) < 4.78 is 77.5. The molecule has 0 unspecified atom stereocenters. The van der Waals surface area contributed by atoms with Crippen LogP contribution >= 0.6 is 0 Å². The minimum absolute atomic E-state index is 0.172. The molecule has 2 rings (SSSR count). The lowest BCUT2D eigenvalue weighted by Gasteiger charge is -2.12. The normalized spacial score (nSPS) is 12.3. The number of aromatic hydroxyl groups is 1. The third-order valence-electron chi connectivity index (χ3n) is 2.73. The first-order valence-corrected chi connectivity index (χ1v) is 5.83. The van der Waals surface area contributed by atoms with Gasteiger partial charge in [-0.3, -0.25) is 0 Å². The Bertz CT molecular complexity index is 659. The van der Waals surface area contributed by atoms with Crippen molar-refractivity contribution >= 4 is 0 Å². The molecular weight excluding hydrogens is 314 g/mol. The van der Waals surface area contributed by atoms with Crippen molar-refractivity contribution in [3.8, 4) is 22.6 Å². The van der Waals surface area contributed by atoms with E-state index in [0.717, 1.165) is 36.4 Å². The minimum atomic E-state index is -4.99. The summed E-state index contributed by atoms with van der Waals surface area (Å²) in [4.78, 5) is 0. The molecule has 0 saturated carbocycles. The number of ether oxygens (including phenoxy) is 1. The lowest BCUT2D eigenvalue weighted by molar-refractivity contribution is -0.275. The predicted molar refractivity (Wildman–Crippen MR) is 65.2 cm³/mol. The van der Waals surface area contributed by atoms with Crippen molar-refractivity contribution in [1.29, 1.82) is 0 Å². The van der Waals surface area contributed by atoms with Gasteiger partial charge in [-0.15, -0.1) is 13.2 Å². The molecule has 0 aliphatic heterocycles. The Morgan fingerprint density at radius 3 is 1.82 bits per heavy atom. The highest BCUT2D eigenvalue weighted by atomic mass is 19.4. The second kappa shape index (κ2) is 5.43. The SMILES string of the molecule is Oc1ccc(-c2ccc(C(F)(F)F)cc2)cc1OC(F)(F)F. The fraction of sp³-hybridized carbons (Fsp3) is 0.143. The summed E-state index contributed by atoms with van der Waals surface area (Å²) in [6.45, 7) is 0. The molecule has 0 fully saturated rings. The second-order valence-electron chi connectivity index (χ2n) is 4.31. The number of hydrogen-bond donors (Lipinski definition) is 1. The Balaban J connectivity index is 2.35. The summed E-state index contributed by atoms with van der Waals surface area (Å²) in [5, 5.41) is 9.32. The second-order valence-corrected chi connectivity index (χ2v) is 4.31. The molecule has 0 bridgehead atoms. The van der Waals surface area contributed by atoms with E-state index in [1.807, 2.05) is 0 Å². The van der Waals surface area contributed by atoms with Crippen molar-refractivity contribution in [3.05, 3.63) is 48.0 Å². The van der Waals surface area contributed by atoms with E-state index in [9.17, 15) is 31.4 Å². The van der Waals surface area contributed by atoms with Crippen LogP contribution in [0.5, 0.6) is 11.5 Å². The van der Waals surface area contributed by atoms with Crippen molar-refractivity contribution in [2.45, 2.75) is 12.5 Å². The van der Waals surface area contributed by atoms with Crippen LogP contribution in [0.4, 0.5) is 26.3 Å². The van der Waals surface area contributed by atoms with Crippen LogP contribution in [-0.2, 0) is 6.18 Å². The third kappa shape index (κ3) is 3.84. The zero-order valence-corrected chi connectivity index (χ0v) is 10.7. The number of rotatable bonds is 2. The van der Waals surface area contributed by atoms with E-state index in [2.05, 4.69) is 4.74 Å².